The number of aliphatic hydroxyl groups excluding tert-OH is 1. The molecule has 1 saturated heterocycles. The number of amides is 1. The molecular weight excluding hydrogens is 254 g/mol. The molecule has 0 spiro atoms. The van der Waals surface area contributed by atoms with Crippen LogP contribution < -0.4 is 5.73 Å². The van der Waals surface area contributed by atoms with Crippen molar-refractivity contribution in [2.24, 2.45) is 5.73 Å². The summed E-state index contributed by atoms with van der Waals surface area (Å²) >= 11 is 0. The summed E-state index contributed by atoms with van der Waals surface area (Å²) in [6.07, 6.45) is 1.29. The second kappa shape index (κ2) is 5.73. The maximum absolute atomic E-state index is 12.3. The van der Waals surface area contributed by atoms with Crippen LogP contribution in [0.25, 0.3) is 0 Å². The second-order valence-electron chi connectivity index (χ2n) is 5.41. The third-order valence-corrected chi connectivity index (χ3v) is 3.82. The van der Waals surface area contributed by atoms with Crippen LogP contribution in [0, 0.1) is 5.41 Å². The molecule has 1 amide bonds. The average molecular weight is 275 g/mol. The fourth-order valence-corrected chi connectivity index (χ4v) is 2.40. The van der Waals surface area contributed by atoms with Crippen molar-refractivity contribution in [2.75, 3.05) is 19.7 Å². The molecule has 1 aromatic carbocycles. The molecule has 1 unspecified atom stereocenters. The summed E-state index contributed by atoms with van der Waals surface area (Å²) in [6.45, 7) is 2.78. The number of likely N-dealkylation sites (tertiary alicyclic amines) is 1. The van der Waals surface area contributed by atoms with Crippen LogP contribution in [0.2, 0.25) is 0 Å². The Bertz CT molecular complexity index is 512. The van der Waals surface area contributed by atoms with Gasteiger partial charge in [0.15, 0.2) is 0 Å². The van der Waals surface area contributed by atoms with Crippen LogP contribution in [0.5, 0.6) is 0 Å². The molecule has 1 fully saturated rings. The number of hydrogen-bond donors (Lipinski definition) is 3. The topological polar surface area (TPSA) is 90.4 Å². The zero-order valence-electron chi connectivity index (χ0n) is 11.7. The van der Waals surface area contributed by atoms with E-state index in [2.05, 4.69) is 0 Å². The van der Waals surface area contributed by atoms with Gasteiger partial charge < -0.3 is 21.1 Å². The summed E-state index contributed by atoms with van der Waals surface area (Å²) in [5.41, 5.74) is 7.31. The Morgan fingerprint density at radius 1 is 1.40 bits per heavy atom. The summed E-state index contributed by atoms with van der Waals surface area (Å²) in [6, 6.07) is 7.10. The SMILES string of the molecule is CCC(=N)c1ccc(C(=O)N2CCC(N)(CO)C2)cc1. The van der Waals surface area contributed by atoms with Gasteiger partial charge in [0.2, 0.25) is 0 Å². The summed E-state index contributed by atoms with van der Waals surface area (Å²) < 4.78 is 0. The largest absolute Gasteiger partial charge is 0.394 e. The van der Waals surface area contributed by atoms with E-state index >= 15 is 0 Å². The van der Waals surface area contributed by atoms with E-state index < -0.39 is 5.54 Å². The van der Waals surface area contributed by atoms with Crippen LogP contribution in [0.3, 0.4) is 0 Å². The molecule has 5 nitrogen and oxygen atoms in total. The van der Waals surface area contributed by atoms with E-state index in [0.717, 1.165) is 5.56 Å². The van der Waals surface area contributed by atoms with E-state index in [9.17, 15) is 9.90 Å². The minimum atomic E-state index is -0.667. The molecule has 0 radical (unpaired) electrons. The van der Waals surface area contributed by atoms with Gasteiger partial charge in [-0.25, -0.2) is 0 Å². The Balaban J connectivity index is 2.09. The van der Waals surface area contributed by atoms with Crippen molar-refractivity contribution in [1.29, 1.82) is 5.41 Å². The van der Waals surface area contributed by atoms with Gasteiger partial charge in [-0.2, -0.15) is 0 Å². The quantitative estimate of drug-likeness (QED) is 0.716. The van der Waals surface area contributed by atoms with Gasteiger partial charge in [0.25, 0.3) is 5.91 Å². The Morgan fingerprint density at radius 3 is 2.50 bits per heavy atom. The van der Waals surface area contributed by atoms with Gasteiger partial charge in [-0.05, 0) is 30.5 Å². The predicted octanol–water partition coefficient (Wildman–Crippen LogP) is 1.00. The van der Waals surface area contributed by atoms with Crippen molar-refractivity contribution in [1.82, 2.24) is 4.90 Å². The molecule has 1 heterocycles. The van der Waals surface area contributed by atoms with E-state index in [-0.39, 0.29) is 12.5 Å². The van der Waals surface area contributed by atoms with Crippen molar-refractivity contribution in [2.45, 2.75) is 25.3 Å². The van der Waals surface area contributed by atoms with Crippen molar-refractivity contribution < 1.29 is 9.90 Å². The summed E-state index contributed by atoms with van der Waals surface area (Å²) in [4.78, 5) is 14.0. The molecule has 1 aliphatic heterocycles. The molecule has 108 valence electrons. The molecule has 1 atom stereocenters. The highest BCUT2D eigenvalue weighted by molar-refractivity contribution is 6.00. The Morgan fingerprint density at radius 2 is 2.00 bits per heavy atom. The zero-order chi connectivity index (χ0) is 14.8. The van der Waals surface area contributed by atoms with Gasteiger partial charge in [0.05, 0.1) is 12.1 Å². The van der Waals surface area contributed by atoms with Crippen molar-refractivity contribution in [3.63, 3.8) is 0 Å². The number of carbonyl (C=O) groups excluding carboxylic acids is 1. The number of nitrogens with one attached hydrogen (secondary N) is 1. The van der Waals surface area contributed by atoms with Crippen LogP contribution in [-0.2, 0) is 0 Å². The van der Waals surface area contributed by atoms with Crippen LogP contribution >= 0.6 is 0 Å². The van der Waals surface area contributed by atoms with Gasteiger partial charge in [0, 0.05) is 24.4 Å². The van der Waals surface area contributed by atoms with Gasteiger partial charge in [-0.15, -0.1) is 0 Å². The molecule has 4 N–H and O–H groups in total. The average Bonchev–Trinajstić information content (AvgIpc) is 2.89. The Labute approximate surface area is 118 Å². The van der Waals surface area contributed by atoms with E-state index in [4.69, 9.17) is 11.1 Å². The van der Waals surface area contributed by atoms with Gasteiger partial charge in [0.1, 0.15) is 0 Å². The lowest BCUT2D eigenvalue weighted by Gasteiger charge is -2.22. The first-order valence-electron chi connectivity index (χ1n) is 6.86. The minimum Gasteiger partial charge on any atom is -0.394 e. The highest BCUT2D eigenvalue weighted by Gasteiger charge is 2.36. The molecule has 0 saturated carbocycles. The molecule has 0 aromatic heterocycles. The van der Waals surface area contributed by atoms with E-state index in [1.807, 2.05) is 6.92 Å². The number of hydrogen-bond acceptors (Lipinski definition) is 4. The number of aliphatic hydroxyl groups is 1. The smallest absolute Gasteiger partial charge is 0.253 e. The number of nitrogens with zero attached hydrogens (tertiary/aromatic N) is 1. The van der Waals surface area contributed by atoms with Crippen LogP contribution in [0.1, 0.15) is 35.7 Å². The standard InChI is InChI=1S/C15H21N3O2/c1-2-13(16)11-3-5-12(6-4-11)14(20)18-8-7-15(17,9-18)10-19/h3-6,16,19H,2,7-10,17H2,1H3. The van der Waals surface area contributed by atoms with E-state index in [1.54, 1.807) is 29.2 Å². The number of benzene rings is 1. The lowest BCUT2D eigenvalue weighted by molar-refractivity contribution is 0.0775. The van der Waals surface area contributed by atoms with E-state index in [1.165, 1.54) is 0 Å². The lowest BCUT2D eigenvalue weighted by Crippen LogP contribution is -2.46. The third-order valence-electron chi connectivity index (χ3n) is 3.82. The second-order valence-corrected chi connectivity index (χ2v) is 5.41. The summed E-state index contributed by atoms with van der Waals surface area (Å²) in [7, 11) is 0. The maximum atomic E-state index is 12.3. The molecule has 0 aliphatic carbocycles. The monoisotopic (exact) mass is 275 g/mol. The first kappa shape index (κ1) is 14.7. The molecule has 5 heteroatoms. The molecule has 0 bridgehead atoms. The molecule has 20 heavy (non-hydrogen) atoms. The minimum absolute atomic E-state index is 0.0691. The molecule has 2 rings (SSSR count). The third kappa shape index (κ3) is 2.89. The van der Waals surface area contributed by atoms with Gasteiger partial charge in [-0.3, -0.25) is 4.79 Å². The van der Waals surface area contributed by atoms with E-state index in [0.29, 0.717) is 37.2 Å². The molecule has 1 aromatic rings. The number of nitrogens with two attached hydrogens (primary N) is 1. The highest BCUT2D eigenvalue weighted by Crippen LogP contribution is 2.20. The zero-order valence-corrected chi connectivity index (χ0v) is 11.7. The fourth-order valence-electron chi connectivity index (χ4n) is 2.40. The fraction of sp³-hybridized carbons (Fsp3) is 0.467. The summed E-state index contributed by atoms with van der Waals surface area (Å²) in [5.74, 6) is -0.0691. The molecular formula is C15H21N3O2. The number of rotatable bonds is 4. The van der Waals surface area contributed by atoms with Crippen LogP contribution in [-0.4, -0.2) is 46.9 Å². The van der Waals surface area contributed by atoms with Crippen LogP contribution in [0.15, 0.2) is 24.3 Å². The van der Waals surface area contributed by atoms with Crippen molar-refractivity contribution in [3.8, 4) is 0 Å². The first-order chi connectivity index (χ1) is 9.49. The normalized spacial score (nSPS) is 22.1. The van der Waals surface area contributed by atoms with Crippen molar-refractivity contribution >= 4 is 11.6 Å². The maximum Gasteiger partial charge on any atom is 0.253 e. The van der Waals surface area contributed by atoms with Gasteiger partial charge in [-0.1, -0.05) is 19.1 Å². The lowest BCUT2D eigenvalue weighted by atomic mass is 10.0. The highest BCUT2D eigenvalue weighted by atomic mass is 16.3. The van der Waals surface area contributed by atoms with Crippen molar-refractivity contribution in [3.05, 3.63) is 35.4 Å². The molecule has 1 aliphatic rings. The Kier molecular flexibility index (Phi) is 4.20. The van der Waals surface area contributed by atoms with Crippen LogP contribution in [0.4, 0.5) is 0 Å². The number of carbonyl (C=O) groups is 1. The first-order valence-corrected chi connectivity index (χ1v) is 6.86. The predicted molar refractivity (Wildman–Crippen MR) is 78.1 cm³/mol. The Hall–Kier alpha value is -1.72. The van der Waals surface area contributed by atoms with Gasteiger partial charge >= 0.3 is 0 Å². The summed E-state index contributed by atoms with van der Waals surface area (Å²) in [5, 5.41) is 17.0.